The van der Waals surface area contributed by atoms with Crippen LogP contribution in [0.2, 0.25) is 0 Å². The molecule has 1 aliphatic rings. The first-order valence-corrected chi connectivity index (χ1v) is 8.52. The average molecular weight is 288 g/mol. The van der Waals surface area contributed by atoms with Gasteiger partial charge in [-0.25, -0.2) is 0 Å². The number of rotatable bonds is 6. The molecular weight excluding hydrogens is 256 g/mol. The molecule has 0 radical (unpaired) electrons. The van der Waals surface area contributed by atoms with Crippen molar-refractivity contribution >= 4 is 0 Å². The highest BCUT2D eigenvalue weighted by atomic mass is 15.1. The van der Waals surface area contributed by atoms with Crippen LogP contribution < -0.4 is 5.32 Å². The summed E-state index contributed by atoms with van der Waals surface area (Å²) in [6.07, 6.45) is 7.17. The predicted molar refractivity (Wildman–Crippen MR) is 91.8 cm³/mol. The molecule has 1 aliphatic carbocycles. The Morgan fingerprint density at radius 1 is 1.10 bits per heavy atom. The van der Waals surface area contributed by atoms with Crippen molar-refractivity contribution in [2.75, 3.05) is 27.2 Å². The molecule has 1 atom stereocenters. The molecule has 1 fully saturated rings. The Kier molecular flexibility index (Phi) is 6.25. The van der Waals surface area contributed by atoms with Crippen LogP contribution >= 0.6 is 0 Å². The first kappa shape index (κ1) is 16.5. The molecule has 0 bridgehead atoms. The summed E-state index contributed by atoms with van der Waals surface area (Å²) in [6, 6.07) is 7.32. The van der Waals surface area contributed by atoms with Crippen molar-refractivity contribution in [3.05, 3.63) is 34.9 Å². The highest BCUT2D eigenvalue weighted by Crippen LogP contribution is 2.25. The molecule has 2 rings (SSSR count). The fraction of sp³-hybridized carbons (Fsp3) is 0.684. The fourth-order valence-electron chi connectivity index (χ4n) is 3.77. The van der Waals surface area contributed by atoms with Crippen molar-refractivity contribution in [1.29, 1.82) is 0 Å². The molecule has 0 amide bonds. The second-order valence-electron chi connectivity index (χ2n) is 6.99. The number of aryl methyl sites for hydroxylation is 2. The Hall–Kier alpha value is -0.860. The molecule has 0 heterocycles. The maximum Gasteiger partial charge on any atom is 0.0446 e. The van der Waals surface area contributed by atoms with Crippen LogP contribution in [0.1, 0.15) is 54.8 Å². The highest BCUT2D eigenvalue weighted by molar-refractivity contribution is 5.30. The molecule has 1 N–H and O–H groups in total. The minimum atomic E-state index is 0.428. The van der Waals surface area contributed by atoms with E-state index < -0.39 is 0 Å². The number of benzene rings is 1. The third-order valence-corrected chi connectivity index (χ3v) is 4.78. The lowest BCUT2D eigenvalue weighted by molar-refractivity contribution is 0.218. The van der Waals surface area contributed by atoms with E-state index in [2.05, 4.69) is 56.4 Å². The molecule has 1 aromatic carbocycles. The van der Waals surface area contributed by atoms with Crippen LogP contribution in [0, 0.1) is 19.8 Å². The molecule has 0 spiro atoms. The van der Waals surface area contributed by atoms with Crippen LogP contribution in [-0.4, -0.2) is 32.1 Å². The van der Waals surface area contributed by atoms with Crippen molar-refractivity contribution in [3.63, 3.8) is 0 Å². The van der Waals surface area contributed by atoms with Gasteiger partial charge in [0.05, 0.1) is 0 Å². The van der Waals surface area contributed by atoms with Gasteiger partial charge in [0, 0.05) is 19.1 Å². The molecule has 1 aromatic rings. The first-order chi connectivity index (χ1) is 10.1. The van der Waals surface area contributed by atoms with Crippen LogP contribution in [0.3, 0.4) is 0 Å². The largest absolute Gasteiger partial charge is 0.312 e. The van der Waals surface area contributed by atoms with Gasteiger partial charge in [0.25, 0.3) is 0 Å². The van der Waals surface area contributed by atoms with E-state index in [1.54, 1.807) is 0 Å². The van der Waals surface area contributed by atoms with Gasteiger partial charge in [-0.3, -0.25) is 0 Å². The zero-order valence-corrected chi connectivity index (χ0v) is 14.3. The van der Waals surface area contributed by atoms with Crippen molar-refractivity contribution in [1.82, 2.24) is 10.2 Å². The van der Waals surface area contributed by atoms with Gasteiger partial charge in [0.1, 0.15) is 0 Å². The zero-order valence-electron chi connectivity index (χ0n) is 14.3. The van der Waals surface area contributed by atoms with Crippen molar-refractivity contribution in [2.24, 2.45) is 5.92 Å². The first-order valence-electron chi connectivity index (χ1n) is 8.52. The van der Waals surface area contributed by atoms with Gasteiger partial charge in [-0.1, -0.05) is 48.6 Å². The fourth-order valence-corrected chi connectivity index (χ4v) is 3.77. The summed E-state index contributed by atoms with van der Waals surface area (Å²) in [5.74, 6) is 0.917. The molecule has 1 unspecified atom stereocenters. The highest BCUT2D eigenvalue weighted by Gasteiger charge is 2.18. The maximum absolute atomic E-state index is 3.50. The molecule has 2 nitrogen and oxygen atoms in total. The smallest absolute Gasteiger partial charge is 0.0446 e. The maximum atomic E-state index is 3.50. The summed E-state index contributed by atoms with van der Waals surface area (Å²) in [7, 11) is 4.36. The quantitative estimate of drug-likeness (QED) is 0.848. The van der Waals surface area contributed by atoms with Gasteiger partial charge in [-0.2, -0.15) is 0 Å². The number of likely N-dealkylation sites (N-methyl/N-ethyl adjacent to an activating group) is 2. The predicted octanol–water partition coefficient (Wildman–Crippen LogP) is 4.08. The summed E-state index contributed by atoms with van der Waals surface area (Å²) in [6.45, 7) is 6.72. The van der Waals surface area contributed by atoms with Crippen molar-refractivity contribution < 1.29 is 0 Å². The van der Waals surface area contributed by atoms with E-state index in [0.29, 0.717) is 6.04 Å². The number of hydrogen-bond donors (Lipinski definition) is 1. The normalized spacial score (nSPS) is 18.1. The zero-order chi connectivity index (χ0) is 15.2. The second kappa shape index (κ2) is 7.95. The van der Waals surface area contributed by atoms with Gasteiger partial charge < -0.3 is 10.2 Å². The molecule has 2 heteroatoms. The van der Waals surface area contributed by atoms with Crippen molar-refractivity contribution in [2.45, 2.75) is 52.0 Å². The summed E-state index contributed by atoms with van der Waals surface area (Å²) in [5.41, 5.74) is 4.14. The number of hydrogen-bond acceptors (Lipinski definition) is 2. The van der Waals surface area contributed by atoms with E-state index in [-0.39, 0.29) is 0 Å². The number of nitrogens with one attached hydrogen (secondary N) is 1. The standard InChI is InChI=1S/C19H32N2/c1-15-10-16(2)12-18(11-15)19(20-3)14-21(4)13-17-8-6-5-7-9-17/h10-12,17,19-20H,5-9,13-14H2,1-4H3. The van der Waals surface area contributed by atoms with Crippen LogP contribution in [0.5, 0.6) is 0 Å². The molecule has 118 valence electrons. The monoisotopic (exact) mass is 288 g/mol. The summed E-state index contributed by atoms with van der Waals surface area (Å²) in [4.78, 5) is 2.52. The molecular formula is C19H32N2. The minimum absolute atomic E-state index is 0.428. The Morgan fingerprint density at radius 2 is 1.71 bits per heavy atom. The van der Waals surface area contributed by atoms with E-state index >= 15 is 0 Å². The Morgan fingerprint density at radius 3 is 2.29 bits per heavy atom. The van der Waals surface area contributed by atoms with Gasteiger partial charge in [0.15, 0.2) is 0 Å². The summed E-state index contributed by atoms with van der Waals surface area (Å²) >= 11 is 0. The third kappa shape index (κ3) is 5.12. The SMILES string of the molecule is CNC(CN(C)CC1CCCCC1)c1cc(C)cc(C)c1. The third-order valence-electron chi connectivity index (χ3n) is 4.78. The number of nitrogens with zero attached hydrogens (tertiary/aromatic N) is 1. The molecule has 21 heavy (non-hydrogen) atoms. The van der Waals surface area contributed by atoms with Gasteiger partial charge in [-0.15, -0.1) is 0 Å². The van der Waals surface area contributed by atoms with Crippen molar-refractivity contribution in [3.8, 4) is 0 Å². The van der Waals surface area contributed by atoms with Crippen LogP contribution in [0.15, 0.2) is 18.2 Å². The molecule has 0 saturated heterocycles. The van der Waals surface area contributed by atoms with Crippen LogP contribution in [0.25, 0.3) is 0 Å². The van der Waals surface area contributed by atoms with Gasteiger partial charge in [0.2, 0.25) is 0 Å². The topological polar surface area (TPSA) is 15.3 Å². The van der Waals surface area contributed by atoms with Crippen LogP contribution in [-0.2, 0) is 0 Å². The van der Waals surface area contributed by atoms with Gasteiger partial charge >= 0.3 is 0 Å². The molecule has 1 saturated carbocycles. The Balaban J connectivity index is 1.94. The molecule has 0 aromatic heterocycles. The lowest BCUT2D eigenvalue weighted by atomic mass is 9.89. The Bertz CT molecular complexity index is 415. The minimum Gasteiger partial charge on any atom is -0.312 e. The van der Waals surface area contributed by atoms with E-state index in [1.807, 2.05) is 0 Å². The lowest BCUT2D eigenvalue weighted by Gasteiger charge is -2.30. The van der Waals surface area contributed by atoms with E-state index in [4.69, 9.17) is 0 Å². The van der Waals surface area contributed by atoms with E-state index in [1.165, 1.54) is 55.3 Å². The van der Waals surface area contributed by atoms with Crippen LogP contribution in [0.4, 0.5) is 0 Å². The summed E-state index contributed by atoms with van der Waals surface area (Å²) in [5, 5.41) is 3.50. The second-order valence-corrected chi connectivity index (χ2v) is 6.99. The van der Waals surface area contributed by atoms with E-state index in [0.717, 1.165) is 12.5 Å². The average Bonchev–Trinajstić information content (AvgIpc) is 2.44. The summed E-state index contributed by atoms with van der Waals surface area (Å²) < 4.78 is 0. The van der Waals surface area contributed by atoms with Gasteiger partial charge in [-0.05, 0) is 52.3 Å². The Labute approximate surface area is 130 Å². The molecule has 0 aliphatic heterocycles. The lowest BCUT2D eigenvalue weighted by Crippen LogP contribution is -2.34. The van der Waals surface area contributed by atoms with E-state index in [9.17, 15) is 0 Å².